The van der Waals surface area contributed by atoms with Gasteiger partial charge in [-0.25, -0.2) is 15.0 Å². The van der Waals surface area contributed by atoms with Gasteiger partial charge in [0.05, 0.1) is 16.9 Å². The summed E-state index contributed by atoms with van der Waals surface area (Å²) in [6.45, 7) is 0. The molecular weight excluding hydrogens is 286 g/mol. The average molecular weight is 294 g/mol. The van der Waals surface area contributed by atoms with E-state index in [-0.39, 0.29) is 11.5 Å². The van der Waals surface area contributed by atoms with E-state index >= 15 is 0 Å². The SMILES string of the molecule is Nc1cnc(C(=O)Nc2ncccc2Br)cn1. The van der Waals surface area contributed by atoms with Crippen LogP contribution in [0, 0.1) is 0 Å². The first-order chi connectivity index (χ1) is 8.16. The molecular formula is C10H8BrN5O. The van der Waals surface area contributed by atoms with Gasteiger partial charge in [-0.1, -0.05) is 0 Å². The lowest BCUT2D eigenvalue weighted by molar-refractivity contribution is 0.102. The summed E-state index contributed by atoms with van der Waals surface area (Å²) in [6.07, 6.45) is 4.21. The third-order valence-electron chi connectivity index (χ3n) is 1.89. The molecule has 0 aliphatic rings. The van der Waals surface area contributed by atoms with E-state index in [0.29, 0.717) is 10.3 Å². The van der Waals surface area contributed by atoms with Gasteiger partial charge in [0.15, 0.2) is 0 Å². The number of pyridine rings is 1. The highest BCUT2D eigenvalue weighted by molar-refractivity contribution is 9.10. The van der Waals surface area contributed by atoms with Crippen molar-refractivity contribution in [3.05, 3.63) is 40.9 Å². The predicted octanol–water partition coefficient (Wildman–Crippen LogP) is 1.47. The molecule has 0 radical (unpaired) electrons. The number of carbonyl (C=O) groups is 1. The molecule has 2 heterocycles. The number of nitrogens with two attached hydrogens (primary N) is 1. The third kappa shape index (κ3) is 2.76. The third-order valence-corrected chi connectivity index (χ3v) is 2.53. The summed E-state index contributed by atoms with van der Waals surface area (Å²) in [5.41, 5.74) is 5.56. The number of amides is 1. The monoisotopic (exact) mass is 293 g/mol. The Morgan fingerprint density at radius 2 is 2.12 bits per heavy atom. The fraction of sp³-hybridized carbons (Fsp3) is 0. The second-order valence-electron chi connectivity index (χ2n) is 3.11. The van der Waals surface area contributed by atoms with Gasteiger partial charge in [-0.15, -0.1) is 0 Å². The Balaban J connectivity index is 2.17. The molecule has 0 saturated carbocycles. The Labute approximate surface area is 105 Å². The molecule has 0 fully saturated rings. The van der Waals surface area contributed by atoms with Crippen molar-refractivity contribution in [2.75, 3.05) is 11.1 Å². The summed E-state index contributed by atoms with van der Waals surface area (Å²) in [7, 11) is 0. The number of aromatic nitrogens is 3. The van der Waals surface area contributed by atoms with Crippen LogP contribution >= 0.6 is 15.9 Å². The fourth-order valence-electron chi connectivity index (χ4n) is 1.10. The molecule has 2 aromatic rings. The lowest BCUT2D eigenvalue weighted by Gasteiger charge is -2.04. The molecule has 1 amide bonds. The van der Waals surface area contributed by atoms with Gasteiger partial charge in [0.2, 0.25) is 0 Å². The van der Waals surface area contributed by atoms with Crippen LogP contribution in [0.5, 0.6) is 0 Å². The smallest absolute Gasteiger partial charge is 0.277 e. The maximum Gasteiger partial charge on any atom is 0.277 e. The Bertz CT molecular complexity index is 543. The number of anilines is 2. The number of halogens is 1. The quantitative estimate of drug-likeness (QED) is 0.874. The van der Waals surface area contributed by atoms with Gasteiger partial charge >= 0.3 is 0 Å². The largest absolute Gasteiger partial charge is 0.382 e. The van der Waals surface area contributed by atoms with Crippen LogP contribution in [-0.4, -0.2) is 20.9 Å². The molecule has 0 saturated heterocycles. The zero-order valence-electron chi connectivity index (χ0n) is 8.59. The minimum absolute atomic E-state index is 0.178. The zero-order chi connectivity index (χ0) is 12.3. The van der Waals surface area contributed by atoms with E-state index in [9.17, 15) is 4.79 Å². The van der Waals surface area contributed by atoms with E-state index in [4.69, 9.17) is 5.73 Å². The van der Waals surface area contributed by atoms with Gasteiger partial charge in [-0.3, -0.25) is 4.79 Å². The van der Waals surface area contributed by atoms with Gasteiger partial charge in [0.1, 0.15) is 17.3 Å². The van der Waals surface area contributed by atoms with Crippen LogP contribution in [0.3, 0.4) is 0 Å². The topological polar surface area (TPSA) is 93.8 Å². The van der Waals surface area contributed by atoms with Crippen molar-refractivity contribution in [1.82, 2.24) is 15.0 Å². The summed E-state index contributed by atoms with van der Waals surface area (Å²) >= 11 is 3.28. The summed E-state index contributed by atoms with van der Waals surface area (Å²) in [5.74, 6) is 0.300. The van der Waals surface area contributed by atoms with Crippen LogP contribution in [0.25, 0.3) is 0 Å². The minimum atomic E-state index is -0.392. The van der Waals surface area contributed by atoms with Crippen LogP contribution in [0.2, 0.25) is 0 Å². The van der Waals surface area contributed by atoms with E-state index in [0.717, 1.165) is 0 Å². The molecule has 6 nitrogen and oxygen atoms in total. The van der Waals surface area contributed by atoms with Crippen molar-refractivity contribution in [2.45, 2.75) is 0 Å². The van der Waals surface area contributed by atoms with E-state index in [2.05, 4.69) is 36.2 Å². The molecule has 0 aliphatic heterocycles. The molecule has 0 bridgehead atoms. The van der Waals surface area contributed by atoms with Gasteiger partial charge in [0, 0.05) is 6.20 Å². The zero-order valence-corrected chi connectivity index (χ0v) is 10.2. The average Bonchev–Trinajstić information content (AvgIpc) is 2.33. The van der Waals surface area contributed by atoms with Crippen LogP contribution in [-0.2, 0) is 0 Å². The number of nitrogen functional groups attached to an aromatic ring is 1. The molecule has 0 unspecified atom stereocenters. The summed E-state index contributed by atoms with van der Waals surface area (Å²) in [6, 6.07) is 3.53. The molecule has 7 heteroatoms. The Hall–Kier alpha value is -2.02. The lowest BCUT2D eigenvalue weighted by Crippen LogP contribution is -2.15. The summed E-state index contributed by atoms with van der Waals surface area (Å²) in [5, 5.41) is 2.61. The number of hydrogen-bond acceptors (Lipinski definition) is 5. The van der Waals surface area contributed by atoms with Gasteiger partial charge in [0.25, 0.3) is 5.91 Å². The maximum atomic E-state index is 11.8. The predicted molar refractivity (Wildman–Crippen MR) is 66.3 cm³/mol. The number of nitrogens with one attached hydrogen (secondary N) is 1. The first kappa shape index (κ1) is 11.5. The highest BCUT2D eigenvalue weighted by Gasteiger charge is 2.10. The first-order valence-electron chi connectivity index (χ1n) is 4.66. The second kappa shape index (κ2) is 4.88. The molecule has 3 N–H and O–H groups in total. The fourth-order valence-corrected chi connectivity index (χ4v) is 1.46. The Morgan fingerprint density at radius 3 is 2.76 bits per heavy atom. The van der Waals surface area contributed by atoms with E-state index in [1.165, 1.54) is 12.4 Å². The molecule has 0 aromatic carbocycles. The van der Waals surface area contributed by atoms with Crippen LogP contribution in [0.15, 0.2) is 35.2 Å². The number of nitrogens with zero attached hydrogens (tertiary/aromatic N) is 3. The Morgan fingerprint density at radius 1 is 1.29 bits per heavy atom. The van der Waals surface area contributed by atoms with Crippen molar-refractivity contribution in [2.24, 2.45) is 0 Å². The molecule has 2 rings (SSSR count). The van der Waals surface area contributed by atoms with Gasteiger partial charge in [-0.05, 0) is 28.1 Å². The molecule has 0 spiro atoms. The van der Waals surface area contributed by atoms with Crippen LogP contribution in [0.4, 0.5) is 11.6 Å². The number of carbonyl (C=O) groups excluding carboxylic acids is 1. The maximum absolute atomic E-state index is 11.8. The second-order valence-corrected chi connectivity index (χ2v) is 3.97. The summed E-state index contributed by atoms with van der Waals surface area (Å²) < 4.78 is 0.691. The van der Waals surface area contributed by atoms with Crippen LogP contribution < -0.4 is 11.1 Å². The standard InChI is InChI=1S/C10H8BrN5O/c11-6-2-1-3-13-9(6)16-10(17)7-4-15-8(12)5-14-7/h1-5H,(H2,12,15)(H,13,16,17). The van der Waals surface area contributed by atoms with Crippen molar-refractivity contribution < 1.29 is 4.79 Å². The van der Waals surface area contributed by atoms with Crippen molar-refractivity contribution in [1.29, 1.82) is 0 Å². The van der Waals surface area contributed by atoms with E-state index in [1.807, 2.05) is 0 Å². The molecule has 2 aromatic heterocycles. The summed E-state index contributed by atoms with van der Waals surface area (Å²) in [4.78, 5) is 23.4. The van der Waals surface area contributed by atoms with Gasteiger partial charge in [-0.2, -0.15) is 0 Å². The van der Waals surface area contributed by atoms with E-state index < -0.39 is 5.91 Å². The van der Waals surface area contributed by atoms with Crippen molar-refractivity contribution >= 4 is 33.5 Å². The molecule has 0 aliphatic carbocycles. The lowest BCUT2D eigenvalue weighted by atomic mass is 10.4. The highest BCUT2D eigenvalue weighted by Crippen LogP contribution is 2.18. The molecule has 86 valence electrons. The minimum Gasteiger partial charge on any atom is -0.382 e. The number of rotatable bonds is 2. The first-order valence-corrected chi connectivity index (χ1v) is 5.45. The van der Waals surface area contributed by atoms with Crippen molar-refractivity contribution in [3.63, 3.8) is 0 Å². The number of hydrogen-bond donors (Lipinski definition) is 2. The van der Waals surface area contributed by atoms with Crippen molar-refractivity contribution in [3.8, 4) is 0 Å². The highest BCUT2D eigenvalue weighted by atomic mass is 79.9. The van der Waals surface area contributed by atoms with Gasteiger partial charge < -0.3 is 11.1 Å². The van der Waals surface area contributed by atoms with E-state index in [1.54, 1.807) is 18.3 Å². The molecule has 0 atom stereocenters. The normalized spacial score (nSPS) is 9.94. The molecule has 17 heavy (non-hydrogen) atoms. The Kier molecular flexibility index (Phi) is 3.29. The van der Waals surface area contributed by atoms with Crippen LogP contribution in [0.1, 0.15) is 10.5 Å².